The van der Waals surface area contributed by atoms with E-state index in [1.165, 1.54) is 11.1 Å². The van der Waals surface area contributed by atoms with Crippen LogP contribution in [-0.4, -0.2) is 48.2 Å². The first-order valence-corrected chi connectivity index (χ1v) is 10.6. The molecule has 0 unspecified atom stereocenters. The van der Waals surface area contributed by atoms with E-state index >= 15 is 0 Å². The van der Waals surface area contributed by atoms with E-state index in [-0.39, 0.29) is 26.2 Å². The van der Waals surface area contributed by atoms with Gasteiger partial charge < -0.3 is 20.0 Å². The average molecular weight is 524 g/mol. The molecule has 0 aliphatic rings. The molecule has 4 nitrogen and oxygen atoms in total. The van der Waals surface area contributed by atoms with Gasteiger partial charge in [0.05, 0.1) is 0 Å². The summed E-state index contributed by atoms with van der Waals surface area (Å²) in [7, 11) is 8.08. The van der Waals surface area contributed by atoms with Crippen LogP contribution in [0.3, 0.4) is 0 Å². The predicted octanol–water partition coefficient (Wildman–Crippen LogP) is 5.72. The number of rotatable bonds is 4. The van der Waals surface area contributed by atoms with Gasteiger partial charge in [0.15, 0.2) is 0 Å². The van der Waals surface area contributed by atoms with Crippen LogP contribution in [0.5, 0.6) is 11.5 Å². The molecule has 2 N–H and O–H groups in total. The zero-order valence-electron chi connectivity index (χ0n) is 20.1. The summed E-state index contributed by atoms with van der Waals surface area (Å²) >= 11 is 0. The molecule has 0 aliphatic heterocycles. The van der Waals surface area contributed by atoms with Crippen LogP contribution in [0.2, 0.25) is 0 Å². The maximum atomic E-state index is 8.98. The van der Waals surface area contributed by atoms with Gasteiger partial charge in [0, 0.05) is 13.1 Å². The van der Waals surface area contributed by atoms with Crippen LogP contribution in [0.4, 0.5) is 0 Å². The van der Waals surface area contributed by atoms with E-state index in [0.717, 1.165) is 13.1 Å². The van der Waals surface area contributed by atoms with Crippen LogP contribution in [0.25, 0.3) is 0 Å². The summed E-state index contributed by atoms with van der Waals surface area (Å²) in [4.78, 5) is 4.18. The minimum absolute atomic E-state index is 0. The summed E-state index contributed by atoms with van der Waals surface area (Å²) in [6.45, 7) is 1.83. The minimum Gasteiger partial charge on any atom is -0.508 e. The smallest absolute Gasteiger partial charge is 0.508 e. The van der Waals surface area contributed by atoms with Crippen molar-refractivity contribution in [2.24, 2.45) is 0 Å². The maximum Gasteiger partial charge on any atom is 2.00 e. The van der Waals surface area contributed by atoms with E-state index in [1.54, 1.807) is 24.3 Å². The Kier molecular flexibility index (Phi) is 17.6. The molecule has 0 saturated carbocycles. The van der Waals surface area contributed by atoms with Gasteiger partial charge in [-0.05, 0) is 63.6 Å². The normalized spacial score (nSPS) is 9.39. The average Bonchev–Trinajstić information content (AvgIpc) is 3.50. The minimum atomic E-state index is 0. The van der Waals surface area contributed by atoms with Crippen LogP contribution in [-0.2, 0) is 39.3 Å². The van der Waals surface area contributed by atoms with E-state index in [2.05, 4.69) is 9.80 Å². The molecule has 0 spiro atoms. The van der Waals surface area contributed by atoms with Gasteiger partial charge in [0.1, 0.15) is 11.5 Å². The first-order valence-electron chi connectivity index (χ1n) is 10.6. The fraction of sp³-hybridized carbons (Fsp3) is 0.214. The number of phenols is 2. The summed E-state index contributed by atoms with van der Waals surface area (Å²) < 4.78 is 0. The van der Waals surface area contributed by atoms with Crippen molar-refractivity contribution in [3.63, 3.8) is 0 Å². The Morgan fingerprint density at radius 1 is 0.545 bits per heavy atom. The Labute approximate surface area is 218 Å². The Morgan fingerprint density at radius 2 is 0.818 bits per heavy atom. The molecule has 0 saturated heterocycles. The number of benzene rings is 2. The quantitative estimate of drug-likeness (QED) is 0.336. The molecule has 33 heavy (non-hydrogen) atoms. The standard InChI is InChI=1S/2C9H13NO.2C5H5.Zr/c2*1-10(2)7-8-3-5-9(11)6-4-8;2*1-2-4-5-3-1;/h2*3-6,11H,7H2,1-2H3;2*1-5H;/q;;2*-1;+2. The van der Waals surface area contributed by atoms with Crippen molar-refractivity contribution >= 4 is 0 Å². The molecule has 4 aromatic carbocycles. The van der Waals surface area contributed by atoms with E-state index in [0.29, 0.717) is 11.5 Å². The van der Waals surface area contributed by atoms with Gasteiger partial charge in [0.2, 0.25) is 0 Å². The molecule has 0 aliphatic carbocycles. The molecular weight excluding hydrogens is 488 g/mol. The topological polar surface area (TPSA) is 46.9 Å². The number of nitrogens with zero attached hydrogens (tertiary/aromatic N) is 2. The molecule has 0 atom stereocenters. The summed E-state index contributed by atoms with van der Waals surface area (Å²) in [6, 6.07) is 34.5. The molecule has 0 amide bonds. The Bertz CT molecular complexity index is 774. The van der Waals surface area contributed by atoms with Crippen LogP contribution in [0, 0.1) is 0 Å². The molecule has 5 heteroatoms. The molecule has 4 rings (SSSR count). The molecule has 0 aromatic heterocycles. The fourth-order valence-corrected chi connectivity index (χ4v) is 2.57. The first kappa shape index (κ1) is 30.5. The summed E-state index contributed by atoms with van der Waals surface area (Å²) in [5.74, 6) is 0.653. The molecule has 0 heterocycles. The van der Waals surface area contributed by atoms with Crippen LogP contribution in [0.15, 0.2) is 109 Å². The van der Waals surface area contributed by atoms with E-state index < -0.39 is 0 Å². The maximum absolute atomic E-state index is 8.98. The Balaban J connectivity index is 0.000000434. The largest absolute Gasteiger partial charge is 2.00 e. The van der Waals surface area contributed by atoms with Gasteiger partial charge in [-0.15, -0.1) is 0 Å². The number of aromatic hydroxyl groups is 2. The second-order valence-electron chi connectivity index (χ2n) is 7.73. The van der Waals surface area contributed by atoms with Crippen molar-refractivity contribution in [2.75, 3.05) is 28.2 Å². The second-order valence-corrected chi connectivity index (χ2v) is 7.73. The number of hydrogen-bond acceptors (Lipinski definition) is 4. The number of phenolic OH excluding ortho intramolecular Hbond substituents is 2. The van der Waals surface area contributed by atoms with E-state index in [1.807, 2.05) is 113 Å². The summed E-state index contributed by atoms with van der Waals surface area (Å²) in [6.07, 6.45) is 0. The molecule has 0 fully saturated rings. The number of hydrogen-bond donors (Lipinski definition) is 2. The van der Waals surface area contributed by atoms with Crippen molar-refractivity contribution < 1.29 is 36.4 Å². The van der Waals surface area contributed by atoms with Gasteiger partial charge in [0.25, 0.3) is 0 Å². The van der Waals surface area contributed by atoms with Gasteiger partial charge in [-0.25, -0.2) is 24.3 Å². The van der Waals surface area contributed by atoms with Gasteiger partial charge >= 0.3 is 26.2 Å². The monoisotopic (exact) mass is 522 g/mol. The van der Waals surface area contributed by atoms with Crippen molar-refractivity contribution in [3.05, 3.63) is 120 Å². The van der Waals surface area contributed by atoms with Gasteiger partial charge in [-0.1, -0.05) is 24.3 Å². The fourth-order valence-electron chi connectivity index (χ4n) is 2.57. The molecular formula is C28H36N2O2Zr. The predicted molar refractivity (Wildman–Crippen MR) is 135 cm³/mol. The molecule has 174 valence electrons. The summed E-state index contributed by atoms with van der Waals surface area (Å²) in [5, 5.41) is 18.0. The van der Waals surface area contributed by atoms with Gasteiger partial charge in [-0.2, -0.15) is 36.4 Å². The molecule has 0 radical (unpaired) electrons. The molecule has 4 aromatic rings. The van der Waals surface area contributed by atoms with Gasteiger partial charge in [-0.3, -0.25) is 0 Å². The van der Waals surface area contributed by atoms with E-state index in [4.69, 9.17) is 10.2 Å². The van der Waals surface area contributed by atoms with Crippen LogP contribution < -0.4 is 0 Å². The third-order valence-electron chi connectivity index (χ3n) is 3.98. The third kappa shape index (κ3) is 17.7. The van der Waals surface area contributed by atoms with Crippen molar-refractivity contribution in [2.45, 2.75) is 13.1 Å². The first-order chi connectivity index (χ1) is 15.4. The van der Waals surface area contributed by atoms with E-state index in [9.17, 15) is 0 Å². The van der Waals surface area contributed by atoms with Crippen LogP contribution in [0.1, 0.15) is 11.1 Å². The molecule has 0 bridgehead atoms. The Hall–Kier alpha value is -2.46. The Morgan fingerprint density at radius 3 is 1.00 bits per heavy atom. The SMILES string of the molecule is CN(C)Cc1ccc(O)cc1.CN(C)Cc1ccc(O)cc1.[Zr+2].c1cc[cH-]c1.c1cc[cH-]c1. The third-order valence-corrected chi connectivity index (χ3v) is 3.98. The van der Waals surface area contributed by atoms with Crippen molar-refractivity contribution in [1.82, 2.24) is 9.80 Å². The van der Waals surface area contributed by atoms with Crippen molar-refractivity contribution in [3.8, 4) is 11.5 Å². The zero-order valence-corrected chi connectivity index (χ0v) is 22.6. The zero-order chi connectivity index (χ0) is 23.6. The van der Waals surface area contributed by atoms with Crippen LogP contribution >= 0.6 is 0 Å². The van der Waals surface area contributed by atoms with Crippen molar-refractivity contribution in [1.29, 1.82) is 0 Å². The summed E-state index contributed by atoms with van der Waals surface area (Å²) in [5.41, 5.74) is 2.43. The second kappa shape index (κ2) is 19.1.